The maximum Gasteiger partial charge on any atom is 0.266 e. The van der Waals surface area contributed by atoms with Crippen LogP contribution < -0.4 is 10.0 Å². The van der Waals surface area contributed by atoms with Gasteiger partial charge in [0.05, 0.1) is 32.2 Å². The number of aromatic amines is 1. The van der Waals surface area contributed by atoms with Crippen LogP contribution in [-0.2, 0) is 6.54 Å². The number of halogens is 2. The minimum Gasteiger partial charge on any atom is -0.337 e. The fourth-order valence-electron chi connectivity index (χ4n) is 4.45. The van der Waals surface area contributed by atoms with Gasteiger partial charge >= 0.3 is 0 Å². The predicted molar refractivity (Wildman–Crippen MR) is 111 cm³/mol. The van der Waals surface area contributed by atoms with Gasteiger partial charge in [-0.1, -0.05) is 0 Å². The molecule has 2 atom stereocenters. The lowest BCUT2D eigenvalue weighted by Crippen LogP contribution is -2.52. The van der Waals surface area contributed by atoms with Gasteiger partial charge in [-0.2, -0.15) is 10.1 Å². The second-order valence-electron chi connectivity index (χ2n) is 7.98. The molecule has 0 spiro atoms. The van der Waals surface area contributed by atoms with Crippen LogP contribution in [-0.4, -0.2) is 49.4 Å². The molecule has 0 saturated carbocycles. The third kappa shape index (κ3) is 3.38. The van der Waals surface area contributed by atoms with Crippen LogP contribution in [0.1, 0.15) is 12.8 Å². The van der Waals surface area contributed by atoms with Crippen LogP contribution in [0.15, 0.2) is 47.8 Å². The van der Waals surface area contributed by atoms with E-state index in [1.165, 1.54) is 35.3 Å². The molecule has 1 fully saturated rings. The van der Waals surface area contributed by atoms with Crippen molar-refractivity contribution >= 4 is 17.0 Å². The van der Waals surface area contributed by atoms with E-state index in [0.717, 1.165) is 36.8 Å². The minimum absolute atomic E-state index is 0.0334. The fourth-order valence-corrected chi connectivity index (χ4v) is 4.45. The van der Waals surface area contributed by atoms with Crippen molar-refractivity contribution in [1.29, 1.82) is 0 Å². The molecule has 0 radical (unpaired) electrons. The lowest BCUT2D eigenvalue weighted by molar-refractivity contribution is 0.264. The summed E-state index contributed by atoms with van der Waals surface area (Å²) in [6.07, 6.45) is 4.93. The van der Waals surface area contributed by atoms with Crippen molar-refractivity contribution in [1.82, 2.24) is 34.2 Å². The number of benzene rings is 1. The lowest BCUT2D eigenvalue weighted by Gasteiger charge is -2.34. The molecule has 10 heteroatoms. The average Bonchev–Trinajstić information content (AvgIpc) is 3.36. The Morgan fingerprint density at radius 3 is 2.77 bits per heavy atom. The number of nitrogens with zero attached hydrogens (tertiary/aromatic N) is 6. The highest BCUT2D eigenvalue weighted by Gasteiger charge is 2.43. The molecule has 5 rings (SSSR count). The molecule has 31 heavy (non-hydrogen) atoms. The molecule has 3 aromatic heterocycles. The van der Waals surface area contributed by atoms with Crippen molar-refractivity contribution in [3.8, 4) is 11.3 Å². The zero-order valence-electron chi connectivity index (χ0n) is 16.8. The summed E-state index contributed by atoms with van der Waals surface area (Å²) in [5, 5.41) is 4.41. The van der Waals surface area contributed by atoms with E-state index in [1.54, 1.807) is 6.33 Å². The molecule has 158 valence electrons. The number of imidazole rings is 1. The third-order valence-electron chi connectivity index (χ3n) is 6.06. The lowest BCUT2D eigenvalue weighted by atomic mass is 10.1. The van der Waals surface area contributed by atoms with Crippen LogP contribution in [0.4, 0.5) is 14.6 Å². The molecule has 0 bridgehead atoms. The summed E-state index contributed by atoms with van der Waals surface area (Å²) in [6, 6.07) is 6.10. The molecule has 1 N–H and O–H groups in total. The zero-order valence-corrected chi connectivity index (χ0v) is 16.8. The molecule has 1 saturated heterocycles. The number of rotatable bonds is 4. The Hall–Kier alpha value is -3.53. The molecule has 0 amide bonds. The second-order valence-corrected chi connectivity index (χ2v) is 7.98. The van der Waals surface area contributed by atoms with Gasteiger partial charge in [0.15, 0.2) is 11.2 Å². The van der Waals surface area contributed by atoms with Crippen molar-refractivity contribution < 1.29 is 8.78 Å². The number of nitrogens with one attached hydrogen (secondary N) is 1. The summed E-state index contributed by atoms with van der Waals surface area (Å²) < 4.78 is 29.2. The Balaban J connectivity index is 1.52. The van der Waals surface area contributed by atoms with Gasteiger partial charge in [-0.15, -0.1) is 0 Å². The molecule has 1 aromatic carbocycles. The number of H-pyrrole nitrogens is 1. The molecular weight excluding hydrogens is 404 g/mol. The first-order valence-corrected chi connectivity index (χ1v) is 9.98. The van der Waals surface area contributed by atoms with E-state index in [1.807, 2.05) is 0 Å². The molecule has 8 nitrogen and oxygen atoms in total. The van der Waals surface area contributed by atoms with Crippen molar-refractivity contribution in [3.05, 3.63) is 65.0 Å². The van der Waals surface area contributed by atoms with E-state index < -0.39 is 11.6 Å². The highest BCUT2D eigenvalue weighted by atomic mass is 19.1. The van der Waals surface area contributed by atoms with Gasteiger partial charge in [0.2, 0.25) is 0 Å². The molecule has 4 heterocycles. The summed E-state index contributed by atoms with van der Waals surface area (Å²) in [5.74, 6) is -0.565. The minimum atomic E-state index is -0.693. The Bertz CT molecular complexity index is 1310. The largest absolute Gasteiger partial charge is 0.337 e. The van der Waals surface area contributed by atoms with E-state index in [-0.39, 0.29) is 17.2 Å². The van der Waals surface area contributed by atoms with Crippen LogP contribution in [0.2, 0.25) is 0 Å². The number of likely N-dealkylation sites (tertiary alicyclic amines) is 1. The third-order valence-corrected chi connectivity index (χ3v) is 6.06. The number of fused-ring (bicyclic) bond motifs is 1. The number of aromatic nitrogens is 6. The van der Waals surface area contributed by atoms with E-state index in [0.29, 0.717) is 22.4 Å². The maximum atomic E-state index is 13.7. The second kappa shape index (κ2) is 7.31. The summed E-state index contributed by atoms with van der Waals surface area (Å²) in [4.78, 5) is 28.6. The molecule has 1 aliphatic heterocycles. The van der Waals surface area contributed by atoms with E-state index in [9.17, 15) is 13.6 Å². The standard InChI is InChI=1S/C21H20F2N7O/c1-30(21-19-20(25-11-24-19)26-12-27-21)6-2-3-16(30)10-29-18(31)5-4-17(28-29)13-7-14(22)9-15(23)8-13/h4-5,7-9,11-12,16H,2-3,6,10H2,1H3,(H,24,25,26,27)/q+1. The van der Waals surface area contributed by atoms with Crippen molar-refractivity contribution in [3.63, 3.8) is 0 Å². The number of hydrogen-bond donors (Lipinski definition) is 1. The SMILES string of the molecule is C[N+]1(c2ncnc3nc[nH]c23)CCCC1Cn1nc(-c2cc(F)cc(F)c2)ccc1=O. The Morgan fingerprint density at radius 2 is 1.97 bits per heavy atom. The topological polar surface area (TPSA) is 89.3 Å². The first-order valence-electron chi connectivity index (χ1n) is 9.98. The van der Waals surface area contributed by atoms with Crippen molar-refractivity contribution in [2.75, 3.05) is 13.6 Å². The van der Waals surface area contributed by atoms with Crippen LogP contribution in [0, 0.1) is 11.6 Å². The average molecular weight is 424 g/mol. The molecule has 4 aromatic rings. The predicted octanol–water partition coefficient (Wildman–Crippen LogP) is 2.65. The van der Waals surface area contributed by atoms with Crippen LogP contribution in [0.3, 0.4) is 0 Å². The summed E-state index contributed by atoms with van der Waals surface area (Å²) in [5.41, 5.74) is 1.73. The first-order chi connectivity index (χ1) is 14.9. The molecule has 1 aliphatic rings. The quantitative estimate of drug-likeness (QED) is 0.509. The van der Waals surface area contributed by atoms with E-state index >= 15 is 0 Å². The number of hydrogen-bond acceptors (Lipinski definition) is 5. The summed E-state index contributed by atoms with van der Waals surface area (Å²) in [6.45, 7) is 1.19. The van der Waals surface area contributed by atoms with Crippen molar-refractivity contribution in [2.24, 2.45) is 0 Å². The van der Waals surface area contributed by atoms with Crippen molar-refractivity contribution in [2.45, 2.75) is 25.4 Å². The summed E-state index contributed by atoms with van der Waals surface area (Å²) in [7, 11) is 2.08. The van der Waals surface area contributed by atoms with E-state index in [4.69, 9.17) is 0 Å². The van der Waals surface area contributed by atoms with Gasteiger partial charge in [0, 0.05) is 30.5 Å². The maximum absolute atomic E-state index is 13.7. The smallest absolute Gasteiger partial charge is 0.266 e. The Morgan fingerprint density at radius 1 is 1.16 bits per heavy atom. The van der Waals surface area contributed by atoms with Crippen LogP contribution in [0.5, 0.6) is 0 Å². The first kappa shape index (κ1) is 19.4. The van der Waals surface area contributed by atoms with Gasteiger partial charge < -0.3 is 4.98 Å². The molecule has 2 unspecified atom stereocenters. The zero-order chi connectivity index (χ0) is 21.6. The van der Waals surface area contributed by atoms with Gasteiger partial charge in [0.1, 0.15) is 24.0 Å². The van der Waals surface area contributed by atoms with Crippen LogP contribution in [0.25, 0.3) is 22.4 Å². The van der Waals surface area contributed by atoms with Gasteiger partial charge in [-0.05, 0) is 18.2 Å². The molecular formula is C21H20F2N7O+. The normalized spacial score (nSPS) is 21.1. The van der Waals surface area contributed by atoms with Gasteiger partial charge in [0.25, 0.3) is 11.4 Å². The number of likely N-dealkylation sites (N-methyl/N-ethyl adjacent to an activating group) is 1. The highest BCUT2D eigenvalue weighted by molar-refractivity contribution is 5.81. The Labute approximate surface area is 175 Å². The Kier molecular flexibility index (Phi) is 4.58. The molecule has 0 aliphatic carbocycles. The van der Waals surface area contributed by atoms with E-state index in [2.05, 4.69) is 32.1 Å². The highest BCUT2D eigenvalue weighted by Crippen LogP contribution is 2.34. The number of quaternary nitrogens is 1. The fraction of sp³-hybridized carbons (Fsp3) is 0.286. The summed E-state index contributed by atoms with van der Waals surface area (Å²) >= 11 is 0. The monoisotopic (exact) mass is 424 g/mol. The van der Waals surface area contributed by atoms with Crippen LogP contribution >= 0.6 is 0 Å². The van der Waals surface area contributed by atoms with Gasteiger partial charge in [-0.3, -0.25) is 9.28 Å². The van der Waals surface area contributed by atoms with Gasteiger partial charge in [-0.25, -0.2) is 23.4 Å².